The summed E-state index contributed by atoms with van der Waals surface area (Å²) in [6, 6.07) is 17.9. The molecule has 0 spiro atoms. The molecule has 140 valence electrons. The van der Waals surface area contributed by atoms with Gasteiger partial charge in [0.05, 0.1) is 12.0 Å². The van der Waals surface area contributed by atoms with Gasteiger partial charge < -0.3 is 15.8 Å². The van der Waals surface area contributed by atoms with Gasteiger partial charge in [-0.3, -0.25) is 4.79 Å². The zero-order valence-corrected chi connectivity index (χ0v) is 15.9. The average molecular weight is 375 g/mol. The molecule has 1 heterocycles. The van der Waals surface area contributed by atoms with Crippen LogP contribution in [0.1, 0.15) is 41.7 Å². The topological polar surface area (TPSA) is 64.3 Å². The first-order valence-corrected chi connectivity index (χ1v) is 8.91. The lowest BCUT2D eigenvalue weighted by Gasteiger charge is -2.31. The monoisotopic (exact) mass is 374 g/mol. The second kappa shape index (κ2) is 9.72. The number of halogens is 1. The first-order chi connectivity index (χ1) is 12.1. The minimum atomic E-state index is -0.201. The Labute approximate surface area is 161 Å². The molecule has 0 aromatic heterocycles. The Bertz CT molecular complexity index is 691. The third-order valence-electron chi connectivity index (χ3n) is 4.79. The van der Waals surface area contributed by atoms with Gasteiger partial charge in [0.2, 0.25) is 5.91 Å². The van der Waals surface area contributed by atoms with Crippen LogP contribution >= 0.6 is 12.4 Å². The van der Waals surface area contributed by atoms with Crippen LogP contribution in [0.4, 0.5) is 0 Å². The molecule has 4 nitrogen and oxygen atoms in total. The maximum absolute atomic E-state index is 12.7. The number of benzene rings is 2. The molecule has 0 radical (unpaired) electrons. The number of amides is 1. The average Bonchev–Trinajstić information content (AvgIpc) is 2.67. The maximum atomic E-state index is 12.7. The lowest BCUT2D eigenvalue weighted by molar-refractivity contribution is -0.134. The fourth-order valence-electron chi connectivity index (χ4n) is 3.29. The molecule has 1 fully saturated rings. The fourth-order valence-corrected chi connectivity index (χ4v) is 3.29. The van der Waals surface area contributed by atoms with Crippen LogP contribution in [0, 0.1) is 12.8 Å². The lowest BCUT2D eigenvalue weighted by Crippen LogP contribution is -2.40. The quantitative estimate of drug-likeness (QED) is 0.838. The van der Waals surface area contributed by atoms with E-state index in [0.29, 0.717) is 13.2 Å². The minimum absolute atomic E-state index is 0. The molecule has 1 amide bonds. The van der Waals surface area contributed by atoms with Gasteiger partial charge in [-0.1, -0.05) is 60.2 Å². The predicted molar refractivity (Wildman–Crippen MR) is 106 cm³/mol. The molecular weight excluding hydrogens is 348 g/mol. The van der Waals surface area contributed by atoms with Crippen LogP contribution in [0.5, 0.6) is 0 Å². The lowest BCUT2D eigenvalue weighted by atomic mass is 9.88. The molecule has 0 bridgehead atoms. The van der Waals surface area contributed by atoms with Crippen molar-refractivity contribution in [3.8, 4) is 0 Å². The number of hydrogen-bond acceptors (Lipinski definition) is 3. The van der Waals surface area contributed by atoms with Crippen molar-refractivity contribution >= 4 is 18.3 Å². The minimum Gasteiger partial charge on any atom is -0.373 e. The second-order valence-corrected chi connectivity index (χ2v) is 6.71. The van der Waals surface area contributed by atoms with Gasteiger partial charge in [0, 0.05) is 19.2 Å². The summed E-state index contributed by atoms with van der Waals surface area (Å²) >= 11 is 0. The fraction of sp³-hybridized carbons (Fsp3) is 0.381. The summed E-state index contributed by atoms with van der Waals surface area (Å²) in [5.74, 6) is -0.143. The molecule has 1 saturated heterocycles. The normalized spacial score (nSPS) is 20.7. The molecule has 3 rings (SSSR count). The van der Waals surface area contributed by atoms with Crippen molar-refractivity contribution in [1.29, 1.82) is 0 Å². The molecule has 0 saturated carbocycles. The van der Waals surface area contributed by atoms with Gasteiger partial charge >= 0.3 is 0 Å². The highest BCUT2D eigenvalue weighted by atomic mass is 35.5. The van der Waals surface area contributed by atoms with Gasteiger partial charge in [0.1, 0.15) is 0 Å². The third kappa shape index (κ3) is 5.07. The molecule has 1 aliphatic rings. The van der Waals surface area contributed by atoms with E-state index in [2.05, 4.69) is 36.5 Å². The second-order valence-electron chi connectivity index (χ2n) is 6.71. The molecular formula is C21H27ClN2O2. The van der Waals surface area contributed by atoms with Crippen molar-refractivity contribution in [3.05, 3.63) is 71.3 Å². The van der Waals surface area contributed by atoms with Gasteiger partial charge in [0.15, 0.2) is 0 Å². The maximum Gasteiger partial charge on any atom is 0.226 e. The van der Waals surface area contributed by atoms with Crippen molar-refractivity contribution < 1.29 is 9.53 Å². The molecule has 3 unspecified atom stereocenters. The van der Waals surface area contributed by atoms with Gasteiger partial charge in [-0.2, -0.15) is 0 Å². The molecule has 5 heteroatoms. The van der Waals surface area contributed by atoms with E-state index in [0.717, 1.165) is 24.0 Å². The van der Waals surface area contributed by atoms with E-state index in [1.165, 1.54) is 5.56 Å². The van der Waals surface area contributed by atoms with Crippen molar-refractivity contribution in [2.45, 2.75) is 31.9 Å². The van der Waals surface area contributed by atoms with Crippen LogP contribution in [0.25, 0.3) is 0 Å². The molecule has 26 heavy (non-hydrogen) atoms. The Balaban J connectivity index is 0.00000243. The molecule has 3 atom stereocenters. The number of nitrogens with one attached hydrogen (secondary N) is 1. The highest BCUT2D eigenvalue weighted by Crippen LogP contribution is 2.34. The number of carbonyl (C=O) groups is 1. The summed E-state index contributed by atoms with van der Waals surface area (Å²) < 4.78 is 5.94. The molecule has 2 aromatic carbocycles. The van der Waals surface area contributed by atoms with Crippen LogP contribution in [0.3, 0.4) is 0 Å². The highest BCUT2D eigenvalue weighted by Gasteiger charge is 2.33. The van der Waals surface area contributed by atoms with Gasteiger partial charge in [0.25, 0.3) is 0 Å². The Hall–Kier alpha value is -1.88. The number of aryl methyl sites for hydroxylation is 1. The van der Waals surface area contributed by atoms with Crippen molar-refractivity contribution in [1.82, 2.24) is 5.32 Å². The van der Waals surface area contributed by atoms with E-state index in [9.17, 15) is 4.79 Å². The standard InChI is InChI=1S/C21H26N2O2.ClH/c1-15-9-11-17(12-10-15)20-18(8-5-13-25-20)21(24)23-14-19(22)16-6-3-2-4-7-16;/h2-4,6-7,9-12,18-20H,5,8,13-14,22H2,1H3,(H,23,24);1H. The van der Waals surface area contributed by atoms with E-state index < -0.39 is 0 Å². The first kappa shape index (κ1) is 20.4. The van der Waals surface area contributed by atoms with Gasteiger partial charge in [-0.05, 0) is 30.9 Å². The van der Waals surface area contributed by atoms with E-state index in [4.69, 9.17) is 10.5 Å². The number of carbonyl (C=O) groups excluding carboxylic acids is 1. The largest absolute Gasteiger partial charge is 0.373 e. The summed E-state index contributed by atoms with van der Waals surface area (Å²) in [6.07, 6.45) is 1.57. The number of hydrogen-bond donors (Lipinski definition) is 2. The Morgan fingerprint density at radius 2 is 1.88 bits per heavy atom. The Morgan fingerprint density at radius 3 is 2.58 bits per heavy atom. The van der Waals surface area contributed by atoms with Gasteiger partial charge in [-0.25, -0.2) is 0 Å². The van der Waals surface area contributed by atoms with Crippen molar-refractivity contribution in [2.24, 2.45) is 11.7 Å². The Kier molecular flexibility index (Phi) is 7.64. The van der Waals surface area contributed by atoms with Crippen LogP contribution in [0.15, 0.2) is 54.6 Å². The Morgan fingerprint density at radius 1 is 1.19 bits per heavy atom. The first-order valence-electron chi connectivity index (χ1n) is 8.91. The SMILES string of the molecule is Cc1ccc(C2OCCCC2C(=O)NCC(N)c2ccccc2)cc1.Cl. The predicted octanol–water partition coefficient (Wildman–Crippen LogP) is 3.70. The number of ether oxygens (including phenoxy) is 1. The van der Waals surface area contributed by atoms with Crippen LogP contribution in [0.2, 0.25) is 0 Å². The molecule has 3 N–H and O–H groups in total. The zero-order valence-electron chi connectivity index (χ0n) is 15.1. The van der Waals surface area contributed by atoms with E-state index in [-0.39, 0.29) is 36.4 Å². The smallest absolute Gasteiger partial charge is 0.226 e. The number of nitrogens with two attached hydrogens (primary N) is 1. The summed E-state index contributed by atoms with van der Waals surface area (Å²) in [4.78, 5) is 12.7. The van der Waals surface area contributed by atoms with Crippen LogP contribution in [-0.4, -0.2) is 19.1 Å². The van der Waals surface area contributed by atoms with E-state index in [1.807, 2.05) is 30.3 Å². The third-order valence-corrected chi connectivity index (χ3v) is 4.79. The summed E-state index contributed by atoms with van der Waals surface area (Å²) in [5, 5.41) is 3.02. The number of rotatable bonds is 5. The summed E-state index contributed by atoms with van der Waals surface area (Å²) in [5.41, 5.74) is 9.49. The van der Waals surface area contributed by atoms with E-state index >= 15 is 0 Å². The molecule has 1 aliphatic heterocycles. The zero-order chi connectivity index (χ0) is 17.6. The highest BCUT2D eigenvalue weighted by molar-refractivity contribution is 5.85. The van der Waals surface area contributed by atoms with Crippen LogP contribution in [-0.2, 0) is 9.53 Å². The summed E-state index contributed by atoms with van der Waals surface area (Å²) in [7, 11) is 0. The molecule has 2 aromatic rings. The van der Waals surface area contributed by atoms with Crippen molar-refractivity contribution in [3.63, 3.8) is 0 Å². The van der Waals surface area contributed by atoms with Crippen molar-refractivity contribution in [2.75, 3.05) is 13.2 Å². The van der Waals surface area contributed by atoms with Gasteiger partial charge in [-0.15, -0.1) is 12.4 Å². The molecule has 0 aliphatic carbocycles. The van der Waals surface area contributed by atoms with E-state index in [1.54, 1.807) is 0 Å². The summed E-state index contributed by atoms with van der Waals surface area (Å²) in [6.45, 7) is 3.19. The van der Waals surface area contributed by atoms with Crippen LogP contribution < -0.4 is 11.1 Å².